The van der Waals surface area contributed by atoms with Gasteiger partial charge in [0.15, 0.2) is 0 Å². The number of hydrogen-bond acceptors (Lipinski definition) is 6. The number of ether oxygens (including phenoxy) is 2. The fourth-order valence-corrected chi connectivity index (χ4v) is 3.51. The first-order valence-electron chi connectivity index (χ1n) is 8.07. The number of anilines is 1. The Labute approximate surface area is 161 Å². The van der Waals surface area contributed by atoms with Crippen LogP contribution in [0.5, 0.6) is 17.2 Å². The third-order valence-electron chi connectivity index (χ3n) is 3.75. The van der Waals surface area contributed by atoms with Gasteiger partial charge >= 0.3 is 0 Å². The molecule has 0 aromatic heterocycles. The highest BCUT2D eigenvalue weighted by atomic mass is 32.2. The van der Waals surface area contributed by atoms with Gasteiger partial charge in [-0.25, -0.2) is 8.42 Å². The predicted molar refractivity (Wildman–Crippen MR) is 103 cm³/mol. The van der Waals surface area contributed by atoms with Crippen molar-refractivity contribution in [2.75, 3.05) is 11.8 Å². The molecule has 0 aliphatic carbocycles. The highest BCUT2D eigenvalue weighted by Gasteiger charge is 2.17. The van der Waals surface area contributed by atoms with Crippen LogP contribution >= 0.6 is 0 Å². The molecular formula is C19H16N2O6S. The smallest absolute Gasteiger partial charge is 0.269 e. The van der Waals surface area contributed by atoms with E-state index in [0.29, 0.717) is 17.2 Å². The molecule has 0 radical (unpaired) electrons. The van der Waals surface area contributed by atoms with Crippen molar-refractivity contribution in [1.82, 2.24) is 0 Å². The molecule has 0 spiro atoms. The Bertz CT molecular complexity index is 1100. The molecule has 0 aliphatic heterocycles. The third kappa shape index (κ3) is 4.38. The molecular weight excluding hydrogens is 384 g/mol. The zero-order valence-corrected chi connectivity index (χ0v) is 15.5. The van der Waals surface area contributed by atoms with Crippen molar-refractivity contribution in [3.8, 4) is 17.2 Å². The number of nitro groups is 1. The minimum atomic E-state index is -3.88. The molecule has 3 rings (SSSR count). The van der Waals surface area contributed by atoms with E-state index in [1.807, 2.05) is 0 Å². The second-order valence-electron chi connectivity index (χ2n) is 5.63. The van der Waals surface area contributed by atoms with E-state index in [1.54, 1.807) is 30.3 Å². The number of sulfonamides is 1. The Balaban J connectivity index is 1.82. The topological polar surface area (TPSA) is 108 Å². The van der Waals surface area contributed by atoms with E-state index in [4.69, 9.17) is 9.47 Å². The Hall–Kier alpha value is -3.59. The Morgan fingerprint density at radius 2 is 1.64 bits per heavy atom. The van der Waals surface area contributed by atoms with Crippen molar-refractivity contribution in [3.05, 3.63) is 82.9 Å². The number of nitrogens with one attached hydrogen (secondary N) is 1. The molecule has 0 saturated carbocycles. The van der Waals surface area contributed by atoms with Gasteiger partial charge in [0.25, 0.3) is 15.7 Å². The summed E-state index contributed by atoms with van der Waals surface area (Å²) in [5, 5.41) is 10.7. The highest BCUT2D eigenvalue weighted by Crippen LogP contribution is 2.29. The molecule has 1 N–H and O–H groups in total. The summed E-state index contributed by atoms with van der Waals surface area (Å²) >= 11 is 0. The molecule has 3 aromatic rings. The first kappa shape index (κ1) is 19.2. The Kier molecular flexibility index (Phi) is 5.46. The van der Waals surface area contributed by atoms with E-state index >= 15 is 0 Å². The summed E-state index contributed by atoms with van der Waals surface area (Å²) in [7, 11) is -2.43. The summed E-state index contributed by atoms with van der Waals surface area (Å²) in [6.45, 7) is 0. The van der Waals surface area contributed by atoms with Gasteiger partial charge in [-0.1, -0.05) is 18.2 Å². The number of nitro benzene ring substituents is 1. The molecule has 0 saturated heterocycles. The van der Waals surface area contributed by atoms with Crippen LogP contribution in [-0.4, -0.2) is 20.5 Å². The zero-order chi connectivity index (χ0) is 20.1. The lowest BCUT2D eigenvalue weighted by molar-refractivity contribution is -0.384. The lowest BCUT2D eigenvalue weighted by atomic mass is 10.3. The van der Waals surface area contributed by atoms with E-state index in [1.165, 1.54) is 49.6 Å². The number of benzene rings is 3. The first-order valence-corrected chi connectivity index (χ1v) is 9.55. The molecule has 3 aromatic carbocycles. The zero-order valence-electron chi connectivity index (χ0n) is 14.7. The summed E-state index contributed by atoms with van der Waals surface area (Å²) in [6, 6.07) is 18.1. The average molecular weight is 400 g/mol. The van der Waals surface area contributed by atoms with Crippen LogP contribution in [0.2, 0.25) is 0 Å². The van der Waals surface area contributed by atoms with Gasteiger partial charge in [0, 0.05) is 18.2 Å². The summed E-state index contributed by atoms with van der Waals surface area (Å²) in [6.07, 6.45) is 0. The summed E-state index contributed by atoms with van der Waals surface area (Å²) < 4.78 is 38.6. The van der Waals surface area contributed by atoms with E-state index in [2.05, 4.69) is 4.72 Å². The molecule has 0 bridgehead atoms. The van der Waals surface area contributed by atoms with Crippen LogP contribution in [-0.2, 0) is 10.0 Å². The quantitative estimate of drug-likeness (QED) is 0.470. The van der Waals surface area contributed by atoms with Crippen molar-refractivity contribution in [3.63, 3.8) is 0 Å². The normalized spacial score (nSPS) is 10.9. The molecule has 0 heterocycles. The molecule has 28 heavy (non-hydrogen) atoms. The second kappa shape index (κ2) is 7.97. The molecule has 0 fully saturated rings. The van der Waals surface area contributed by atoms with E-state index < -0.39 is 14.9 Å². The van der Waals surface area contributed by atoms with Crippen LogP contribution in [0.15, 0.2) is 77.7 Å². The number of para-hydroxylation sites is 2. The van der Waals surface area contributed by atoms with Crippen LogP contribution in [0.25, 0.3) is 0 Å². The van der Waals surface area contributed by atoms with Gasteiger partial charge < -0.3 is 9.47 Å². The number of non-ortho nitro benzene ring substituents is 1. The minimum Gasteiger partial charge on any atom is -0.495 e. The van der Waals surface area contributed by atoms with E-state index in [0.717, 1.165) is 0 Å². The maximum Gasteiger partial charge on any atom is 0.269 e. The molecule has 0 atom stereocenters. The van der Waals surface area contributed by atoms with Crippen molar-refractivity contribution in [2.24, 2.45) is 0 Å². The minimum absolute atomic E-state index is 0.00202. The molecule has 8 nitrogen and oxygen atoms in total. The van der Waals surface area contributed by atoms with Crippen molar-refractivity contribution in [1.29, 1.82) is 0 Å². The van der Waals surface area contributed by atoms with Crippen LogP contribution in [0.4, 0.5) is 11.4 Å². The Morgan fingerprint density at radius 3 is 2.32 bits per heavy atom. The summed E-state index contributed by atoms with van der Waals surface area (Å²) in [4.78, 5) is 10.2. The predicted octanol–water partition coefficient (Wildman–Crippen LogP) is 4.20. The Morgan fingerprint density at radius 1 is 0.929 bits per heavy atom. The molecule has 9 heteroatoms. The first-order chi connectivity index (χ1) is 13.4. The second-order valence-corrected chi connectivity index (χ2v) is 7.32. The maximum atomic E-state index is 12.7. The van der Waals surface area contributed by atoms with E-state index in [-0.39, 0.29) is 16.3 Å². The fourth-order valence-electron chi connectivity index (χ4n) is 2.41. The third-order valence-corrected chi connectivity index (χ3v) is 5.11. The number of nitrogens with zero attached hydrogens (tertiary/aromatic N) is 1. The number of methoxy groups -OCH3 is 1. The maximum absolute atomic E-state index is 12.7. The summed E-state index contributed by atoms with van der Waals surface area (Å²) in [5.74, 6) is 1.01. The van der Waals surface area contributed by atoms with Crippen LogP contribution in [0, 0.1) is 10.1 Å². The van der Waals surface area contributed by atoms with Gasteiger partial charge in [-0.15, -0.1) is 0 Å². The molecule has 144 valence electrons. The summed E-state index contributed by atoms with van der Waals surface area (Å²) in [5.41, 5.74) is 0.247. The van der Waals surface area contributed by atoms with Gasteiger partial charge in [0.2, 0.25) is 0 Å². The SMILES string of the molecule is COc1ccccc1NS(=O)(=O)c1cccc(Oc2ccc([N+](=O)[O-])cc2)c1. The van der Waals surface area contributed by atoms with Crippen molar-refractivity contribution >= 4 is 21.4 Å². The average Bonchev–Trinajstić information content (AvgIpc) is 2.69. The van der Waals surface area contributed by atoms with Crippen LogP contribution in [0.3, 0.4) is 0 Å². The largest absolute Gasteiger partial charge is 0.495 e. The van der Waals surface area contributed by atoms with Crippen molar-refractivity contribution in [2.45, 2.75) is 4.90 Å². The van der Waals surface area contributed by atoms with Crippen LogP contribution in [0.1, 0.15) is 0 Å². The van der Waals surface area contributed by atoms with Gasteiger partial charge in [-0.05, 0) is 36.4 Å². The number of rotatable bonds is 7. The lowest BCUT2D eigenvalue weighted by Crippen LogP contribution is -2.13. The van der Waals surface area contributed by atoms with Gasteiger partial charge in [0.1, 0.15) is 17.2 Å². The standard InChI is InChI=1S/C19H16N2O6S/c1-26-19-8-3-2-7-18(19)20-28(24,25)17-6-4-5-16(13-17)27-15-11-9-14(10-12-15)21(22)23/h2-13,20H,1H3. The molecule has 0 unspecified atom stereocenters. The van der Waals surface area contributed by atoms with Crippen LogP contribution < -0.4 is 14.2 Å². The monoisotopic (exact) mass is 400 g/mol. The van der Waals surface area contributed by atoms with Gasteiger partial charge in [-0.3, -0.25) is 14.8 Å². The molecule has 0 aliphatic rings. The van der Waals surface area contributed by atoms with E-state index in [9.17, 15) is 18.5 Å². The number of hydrogen-bond donors (Lipinski definition) is 1. The lowest BCUT2D eigenvalue weighted by Gasteiger charge is -2.12. The highest BCUT2D eigenvalue weighted by molar-refractivity contribution is 7.92. The fraction of sp³-hybridized carbons (Fsp3) is 0.0526. The molecule has 0 amide bonds. The van der Waals surface area contributed by atoms with Gasteiger partial charge in [0.05, 0.1) is 22.6 Å². The van der Waals surface area contributed by atoms with Crippen molar-refractivity contribution < 1.29 is 22.8 Å². The van der Waals surface area contributed by atoms with Gasteiger partial charge in [-0.2, -0.15) is 0 Å².